The zero-order chi connectivity index (χ0) is 21.5. The van der Waals surface area contributed by atoms with Crippen LogP contribution in [0.5, 0.6) is 23.0 Å². The molecule has 3 aromatic rings. The van der Waals surface area contributed by atoms with Crippen LogP contribution in [0, 0.1) is 0 Å². The van der Waals surface area contributed by atoms with Crippen molar-refractivity contribution in [2.45, 2.75) is 0 Å². The SMILES string of the molecule is O=C(COC(=O)/C=C/c1cccc(Oc2ccccc2)c1)Nc1ccc2c(c1)OCO2. The van der Waals surface area contributed by atoms with Crippen LogP contribution in [0.4, 0.5) is 5.69 Å². The second kappa shape index (κ2) is 9.49. The second-order valence-electron chi connectivity index (χ2n) is 6.54. The van der Waals surface area contributed by atoms with Gasteiger partial charge < -0.3 is 24.3 Å². The Bertz CT molecular complexity index is 1110. The average Bonchev–Trinajstić information content (AvgIpc) is 3.25. The van der Waals surface area contributed by atoms with Gasteiger partial charge in [0, 0.05) is 17.8 Å². The van der Waals surface area contributed by atoms with Crippen molar-refractivity contribution in [2.75, 3.05) is 18.7 Å². The number of carbonyl (C=O) groups excluding carboxylic acids is 2. The molecule has 0 saturated carbocycles. The molecular formula is C24H19NO6. The van der Waals surface area contributed by atoms with Crippen LogP contribution in [0.2, 0.25) is 0 Å². The van der Waals surface area contributed by atoms with Gasteiger partial charge in [-0.1, -0.05) is 30.3 Å². The maximum absolute atomic E-state index is 12.0. The molecule has 7 nitrogen and oxygen atoms in total. The van der Waals surface area contributed by atoms with Crippen molar-refractivity contribution >= 4 is 23.6 Å². The smallest absolute Gasteiger partial charge is 0.331 e. The van der Waals surface area contributed by atoms with Gasteiger partial charge in [-0.25, -0.2) is 4.79 Å². The van der Waals surface area contributed by atoms with Crippen LogP contribution in [0.15, 0.2) is 78.9 Å². The van der Waals surface area contributed by atoms with E-state index in [2.05, 4.69) is 5.32 Å². The molecule has 0 unspecified atom stereocenters. The Morgan fingerprint density at radius 3 is 2.58 bits per heavy atom. The highest BCUT2D eigenvalue weighted by atomic mass is 16.7. The molecule has 0 aliphatic carbocycles. The summed E-state index contributed by atoms with van der Waals surface area (Å²) in [5.74, 6) is 1.44. The summed E-state index contributed by atoms with van der Waals surface area (Å²) in [5.41, 5.74) is 1.28. The van der Waals surface area contributed by atoms with E-state index in [0.29, 0.717) is 22.9 Å². The highest BCUT2D eigenvalue weighted by Crippen LogP contribution is 2.34. The first-order valence-corrected chi connectivity index (χ1v) is 9.53. The maximum Gasteiger partial charge on any atom is 0.331 e. The molecule has 7 heteroatoms. The van der Waals surface area contributed by atoms with E-state index < -0.39 is 18.5 Å². The molecule has 0 radical (unpaired) electrons. The molecule has 1 aliphatic heterocycles. The Morgan fingerprint density at radius 1 is 0.903 bits per heavy atom. The number of fused-ring (bicyclic) bond motifs is 1. The number of nitrogens with one attached hydrogen (secondary N) is 1. The highest BCUT2D eigenvalue weighted by molar-refractivity contribution is 5.94. The van der Waals surface area contributed by atoms with Gasteiger partial charge in [0.1, 0.15) is 11.5 Å². The van der Waals surface area contributed by atoms with Crippen LogP contribution >= 0.6 is 0 Å². The first-order valence-electron chi connectivity index (χ1n) is 9.53. The van der Waals surface area contributed by atoms with Gasteiger partial charge in [-0.05, 0) is 48.0 Å². The van der Waals surface area contributed by atoms with Gasteiger partial charge in [0.15, 0.2) is 18.1 Å². The van der Waals surface area contributed by atoms with Gasteiger partial charge in [-0.15, -0.1) is 0 Å². The van der Waals surface area contributed by atoms with Gasteiger partial charge in [-0.2, -0.15) is 0 Å². The fraction of sp³-hybridized carbons (Fsp3) is 0.0833. The van der Waals surface area contributed by atoms with Crippen molar-refractivity contribution in [2.24, 2.45) is 0 Å². The molecule has 1 aliphatic rings. The van der Waals surface area contributed by atoms with Crippen LogP contribution < -0.4 is 19.5 Å². The molecule has 0 aromatic heterocycles. The lowest BCUT2D eigenvalue weighted by Crippen LogP contribution is -2.20. The number of ether oxygens (including phenoxy) is 4. The molecule has 0 saturated heterocycles. The van der Waals surface area contributed by atoms with Gasteiger partial charge >= 0.3 is 5.97 Å². The van der Waals surface area contributed by atoms with E-state index in [4.69, 9.17) is 18.9 Å². The highest BCUT2D eigenvalue weighted by Gasteiger charge is 2.14. The van der Waals surface area contributed by atoms with Gasteiger partial charge in [-0.3, -0.25) is 4.79 Å². The third-order valence-corrected chi connectivity index (χ3v) is 4.25. The summed E-state index contributed by atoms with van der Waals surface area (Å²) in [6.45, 7) is -0.257. The molecule has 156 valence electrons. The van der Waals surface area contributed by atoms with Crippen molar-refractivity contribution in [1.82, 2.24) is 0 Å². The average molecular weight is 417 g/mol. The zero-order valence-corrected chi connectivity index (χ0v) is 16.4. The summed E-state index contributed by atoms with van der Waals surface area (Å²) in [5, 5.41) is 2.64. The normalized spacial score (nSPS) is 11.9. The minimum absolute atomic E-state index is 0.151. The summed E-state index contributed by atoms with van der Waals surface area (Å²) < 4.78 is 21.2. The van der Waals surface area contributed by atoms with Crippen molar-refractivity contribution in [3.05, 3.63) is 84.4 Å². The third kappa shape index (κ3) is 5.63. The minimum Gasteiger partial charge on any atom is -0.457 e. The number of amides is 1. The Hall–Kier alpha value is -4.26. The van der Waals surface area contributed by atoms with Crippen molar-refractivity contribution in [3.63, 3.8) is 0 Å². The fourth-order valence-electron chi connectivity index (χ4n) is 2.83. The zero-order valence-electron chi connectivity index (χ0n) is 16.4. The fourth-order valence-corrected chi connectivity index (χ4v) is 2.83. The number of hydrogen-bond donors (Lipinski definition) is 1. The van der Waals surface area contributed by atoms with E-state index in [1.165, 1.54) is 6.08 Å². The predicted molar refractivity (Wildman–Crippen MR) is 114 cm³/mol. The predicted octanol–water partition coefficient (Wildman–Crippen LogP) is 4.40. The lowest BCUT2D eigenvalue weighted by molar-refractivity contribution is -0.142. The number of rotatable bonds is 7. The molecular weight excluding hydrogens is 398 g/mol. The van der Waals surface area contributed by atoms with Crippen LogP contribution in [0.25, 0.3) is 6.08 Å². The van der Waals surface area contributed by atoms with Gasteiger partial charge in [0.05, 0.1) is 0 Å². The molecule has 3 aromatic carbocycles. The Labute approximate surface area is 178 Å². The number of benzene rings is 3. The standard InChI is InChI=1S/C24H19NO6/c26-23(25-18-10-11-21-22(14-18)30-16-29-21)15-28-24(27)12-9-17-5-4-8-20(13-17)31-19-6-2-1-3-7-19/h1-14H,15-16H2,(H,25,26)/b12-9+. The summed E-state index contributed by atoms with van der Waals surface area (Å²) in [4.78, 5) is 24.0. The summed E-state index contributed by atoms with van der Waals surface area (Å²) in [6, 6.07) is 21.7. The van der Waals surface area contributed by atoms with E-state index >= 15 is 0 Å². The van der Waals surface area contributed by atoms with E-state index in [0.717, 1.165) is 11.3 Å². The van der Waals surface area contributed by atoms with Crippen LogP contribution in [-0.4, -0.2) is 25.3 Å². The second-order valence-corrected chi connectivity index (χ2v) is 6.54. The summed E-state index contributed by atoms with van der Waals surface area (Å²) in [7, 11) is 0. The van der Waals surface area contributed by atoms with Gasteiger partial charge in [0.2, 0.25) is 6.79 Å². The molecule has 1 amide bonds. The first kappa shape index (κ1) is 20.0. The molecule has 0 fully saturated rings. The Kier molecular flexibility index (Phi) is 6.13. The molecule has 31 heavy (non-hydrogen) atoms. The molecule has 0 atom stereocenters. The summed E-state index contributed by atoms with van der Waals surface area (Å²) in [6.07, 6.45) is 2.85. The van der Waals surface area contributed by atoms with Crippen molar-refractivity contribution < 1.29 is 28.5 Å². The van der Waals surface area contributed by atoms with E-state index in [9.17, 15) is 9.59 Å². The molecule has 0 spiro atoms. The third-order valence-electron chi connectivity index (χ3n) is 4.25. The first-order chi connectivity index (χ1) is 15.2. The van der Waals surface area contributed by atoms with Crippen molar-refractivity contribution in [1.29, 1.82) is 0 Å². The Balaban J connectivity index is 1.26. The van der Waals surface area contributed by atoms with Crippen LogP contribution in [-0.2, 0) is 14.3 Å². The summed E-state index contributed by atoms with van der Waals surface area (Å²) >= 11 is 0. The van der Waals surface area contributed by atoms with E-state index in [-0.39, 0.29) is 6.79 Å². The minimum atomic E-state index is -0.629. The Morgan fingerprint density at radius 2 is 1.71 bits per heavy atom. The number of para-hydroxylation sites is 1. The maximum atomic E-state index is 12.0. The number of carbonyl (C=O) groups is 2. The number of esters is 1. The largest absolute Gasteiger partial charge is 0.457 e. The molecule has 1 N–H and O–H groups in total. The number of anilines is 1. The molecule has 0 bridgehead atoms. The molecule has 4 rings (SSSR count). The topological polar surface area (TPSA) is 83.1 Å². The lowest BCUT2D eigenvalue weighted by Gasteiger charge is -2.06. The van der Waals surface area contributed by atoms with Gasteiger partial charge in [0.25, 0.3) is 5.91 Å². The van der Waals surface area contributed by atoms with E-state index in [1.807, 2.05) is 48.5 Å². The van der Waals surface area contributed by atoms with Crippen LogP contribution in [0.1, 0.15) is 5.56 Å². The number of hydrogen-bond acceptors (Lipinski definition) is 6. The lowest BCUT2D eigenvalue weighted by atomic mass is 10.2. The molecule has 1 heterocycles. The van der Waals surface area contributed by atoms with Crippen molar-refractivity contribution in [3.8, 4) is 23.0 Å². The van der Waals surface area contributed by atoms with E-state index in [1.54, 1.807) is 30.3 Å². The quantitative estimate of drug-likeness (QED) is 0.453. The van der Waals surface area contributed by atoms with Crippen LogP contribution in [0.3, 0.4) is 0 Å². The monoisotopic (exact) mass is 417 g/mol.